The summed E-state index contributed by atoms with van der Waals surface area (Å²) in [5.74, 6) is -0.457. The third-order valence-electron chi connectivity index (χ3n) is 3.39. The fourth-order valence-corrected chi connectivity index (χ4v) is 2.29. The monoisotopic (exact) mass is 346 g/mol. The first-order valence-corrected chi connectivity index (χ1v) is 7.70. The van der Waals surface area contributed by atoms with E-state index in [0.717, 1.165) is 5.56 Å². The molecule has 1 N–H and O–H groups in total. The highest BCUT2D eigenvalue weighted by Gasteiger charge is 2.13. The number of ether oxygens (including phenoxy) is 1. The van der Waals surface area contributed by atoms with Gasteiger partial charge >= 0.3 is 0 Å². The van der Waals surface area contributed by atoms with Gasteiger partial charge in [0.25, 0.3) is 11.8 Å². The van der Waals surface area contributed by atoms with E-state index in [1.54, 1.807) is 51.5 Å². The second kappa shape index (κ2) is 7.95. The Morgan fingerprint density at radius 1 is 1.08 bits per heavy atom. The van der Waals surface area contributed by atoms with Crippen molar-refractivity contribution in [3.8, 4) is 0 Å². The van der Waals surface area contributed by atoms with E-state index >= 15 is 0 Å². The zero-order valence-electron chi connectivity index (χ0n) is 13.8. The number of nitrogens with one attached hydrogen (secondary N) is 1. The third kappa shape index (κ3) is 4.34. The Bertz CT molecular complexity index is 742. The Kier molecular flexibility index (Phi) is 5.95. The topological polar surface area (TPSA) is 58.6 Å². The van der Waals surface area contributed by atoms with Crippen molar-refractivity contribution in [2.75, 3.05) is 26.5 Å². The van der Waals surface area contributed by atoms with Crippen LogP contribution in [0.1, 0.15) is 26.3 Å². The van der Waals surface area contributed by atoms with Gasteiger partial charge in [-0.25, -0.2) is 0 Å². The zero-order chi connectivity index (χ0) is 17.7. The third-order valence-corrected chi connectivity index (χ3v) is 3.72. The Hall–Kier alpha value is -2.37. The number of hydrogen-bond acceptors (Lipinski definition) is 3. The van der Waals surface area contributed by atoms with Gasteiger partial charge in [0.05, 0.1) is 17.3 Å². The Labute approximate surface area is 146 Å². The van der Waals surface area contributed by atoms with E-state index in [2.05, 4.69) is 5.32 Å². The van der Waals surface area contributed by atoms with Gasteiger partial charge in [-0.15, -0.1) is 0 Å². The number of carbonyl (C=O) groups is 2. The van der Waals surface area contributed by atoms with E-state index in [9.17, 15) is 9.59 Å². The van der Waals surface area contributed by atoms with Crippen molar-refractivity contribution in [2.24, 2.45) is 0 Å². The average Bonchev–Trinajstić information content (AvgIpc) is 2.57. The molecule has 0 aromatic heterocycles. The first-order valence-electron chi connectivity index (χ1n) is 7.33. The molecule has 0 aliphatic carbocycles. The number of halogens is 1. The fourth-order valence-electron chi connectivity index (χ4n) is 2.13. The summed E-state index contributed by atoms with van der Waals surface area (Å²) in [6.45, 7) is 0.489. The highest BCUT2D eigenvalue weighted by atomic mass is 35.5. The molecule has 2 aromatic rings. The van der Waals surface area contributed by atoms with Gasteiger partial charge in [-0.05, 0) is 35.9 Å². The van der Waals surface area contributed by atoms with Crippen molar-refractivity contribution in [2.45, 2.75) is 6.61 Å². The summed E-state index contributed by atoms with van der Waals surface area (Å²) in [6, 6.07) is 11.9. The molecular formula is C18H19ClN2O3. The summed E-state index contributed by atoms with van der Waals surface area (Å²) in [4.78, 5) is 25.8. The minimum absolute atomic E-state index is 0.161. The van der Waals surface area contributed by atoms with E-state index in [1.807, 2.05) is 12.1 Å². The predicted molar refractivity (Wildman–Crippen MR) is 94.6 cm³/mol. The second-order valence-corrected chi connectivity index (χ2v) is 5.89. The molecule has 6 heteroatoms. The van der Waals surface area contributed by atoms with Crippen LogP contribution < -0.4 is 5.32 Å². The van der Waals surface area contributed by atoms with Crippen molar-refractivity contribution in [1.82, 2.24) is 4.90 Å². The smallest absolute Gasteiger partial charge is 0.255 e. The normalized spacial score (nSPS) is 10.3. The predicted octanol–water partition coefficient (Wildman–Crippen LogP) is 3.44. The van der Waals surface area contributed by atoms with E-state index < -0.39 is 0 Å². The van der Waals surface area contributed by atoms with Crippen molar-refractivity contribution in [3.63, 3.8) is 0 Å². The number of nitrogens with zero attached hydrogens (tertiary/aromatic N) is 1. The van der Waals surface area contributed by atoms with Crippen LogP contribution in [0, 0.1) is 0 Å². The van der Waals surface area contributed by atoms with Crippen molar-refractivity contribution in [3.05, 3.63) is 64.2 Å². The molecule has 0 saturated carbocycles. The summed E-state index contributed by atoms with van der Waals surface area (Å²) in [6.07, 6.45) is 0. The van der Waals surface area contributed by atoms with E-state index in [0.29, 0.717) is 28.4 Å². The highest BCUT2D eigenvalue weighted by Crippen LogP contribution is 2.24. The van der Waals surface area contributed by atoms with Crippen LogP contribution >= 0.6 is 11.6 Å². The fraction of sp³-hybridized carbons (Fsp3) is 0.222. The first kappa shape index (κ1) is 18.0. The summed E-state index contributed by atoms with van der Waals surface area (Å²) >= 11 is 6.12. The lowest BCUT2D eigenvalue weighted by Gasteiger charge is -2.13. The lowest BCUT2D eigenvalue weighted by molar-refractivity contribution is 0.0827. The lowest BCUT2D eigenvalue weighted by atomic mass is 10.1. The Morgan fingerprint density at radius 3 is 2.29 bits per heavy atom. The molecule has 126 valence electrons. The van der Waals surface area contributed by atoms with E-state index in [-0.39, 0.29) is 11.8 Å². The first-order chi connectivity index (χ1) is 11.4. The molecule has 2 rings (SSSR count). The van der Waals surface area contributed by atoms with Crippen LogP contribution in [0.25, 0.3) is 0 Å². The molecule has 24 heavy (non-hydrogen) atoms. The average molecular weight is 347 g/mol. The van der Waals surface area contributed by atoms with Gasteiger partial charge in [-0.3, -0.25) is 9.59 Å². The summed E-state index contributed by atoms with van der Waals surface area (Å²) < 4.78 is 5.04. The summed E-state index contributed by atoms with van der Waals surface area (Å²) in [5.41, 5.74) is 2.33. The minimum atomic E-state index is -0.296. The lowest BCUT2D eigenvalue weighted by Crippen LogP contribution is -2.22. The van der Waals surface area contributed by atoms with Gasteiger partial charge in [-0.2, -0.15) is 0 Å². The standard InChI is InChI=1S/C18H19ClN2O3/c1-21(2)18(23)14-8-9-15(19)16(10-14)20-17(22)13-6-4-12(5-7-13)11-24-3/h4-10H,11H2,1-3H3,(H,20,22). The highest BCUT2D eigenvalue weighted by molar-refractivity contribution is 6.34. The maximum absolute atomic E-state index is 12.4. The number of methoxy groups -OCH3 is 1. The molecule has 0 fully saturated rings. The van der Waals surface area contributed by atoms with E-state index in [1.165, 1.54) is 4.90 Å². The Morgan fingerprint density at radius 2 is 1.71 bits per heavy atom. The van der Waals surface area contributed by atoms with Gasteiger partial charge in [0.1, 0.15) is 0 Å². The molecule has 0 aliphatic heterocycles. The van der Waals surface area contributed by atoms with Crippen molar-refractivity contribution >= 4 is 29.1 Å². The molecule has 2 amide bonds. The summed E-state index contributed by atoms with van der Waals surface area (Å²) in [7, 11) is 4.94. The molecule has 2 aromatic carbocycles. The van der Waals surface area contributed by atoms with Crippen LogP contribution in [-0.4, -0.2) is 37.9 Å². The number of carbonyl (C=O) groups excluding carboxylic acids is 2. The van der Waals surface area contributed by atoms with E-state index in [4.69, 9.17) is 16.3 Å². The van der Waals surface area contributed by atoms with Gasteiger partial charge in [0, 0.05) is 32.3 Å². The van der Waals surface area contributed by atoms with Gasteiger partial charge in [0.2, 0.25) is 0 Å². The maximum atomic E-state index is 12.4. The molecule has 0 atom stereocenters. The van der Waals surface area contributed by atoms with Crippen LogP contribution in [0.15, 0.2) is 42.5 Å². The molecule has 5 nitrogen and oxygen atoms in total. The molecular weight excluding hydrogens is 328 g/mol. The number of hydrogen-bond donors (Lipinski definition) is 1. The van der Waals surface area contributed by atoms with Gasteiger partial charge in [0.15, 0.2) is 0 Å². The van der Waals surface area contributed by atoms with Gasteiger partial charge < -0.3 is 15.0 Å². The minimum Gasteiger partial charge on any atom is -0.380 e. The molecule has 0 saturated heterocycles. The number of amides is 2. The van der Waals surface area contributed by atoms with Crippen LogP contribution in [0.4, 0.5) is 5.69 Å². The number of rotatable bonds is 5. The SMILES string of the molecule is COCc1ccc(C(=O)Nc2cc(C(=O)N(C)C)ccc2Cl)cc1. The molecule has 0 aliphatic rings. The van der Waals surface area contributed by atoms with Crippen LogP contribution in [-0.2, 0) is 11.3 Å². The molecule has 0 spiro atoms. The number of benzene rings is 2. The zero-order valence-corrected chi connectivity index (χ0v) is 14.6. The number of anilines is 1. The van der Waals surface area contributed by atoms with Crippen molar-refractivity contribution < 1.29 is 14.3 Å². The second-order valence-electron chi connectivity index (χ2n) is 5.48. The van der Waals surface area contributed by atoms with Crippen LogP contribution in [0.5, 0.6) is 0 Å². The quantitative estimate of drug-likeness (QED) is 0.902. The summed E-state index contributed by atoms with van der Waals surface area (Å²) in [5, 5.41) is 3.11. The maximum Gasteiger partial charge on any atom is 0.255 e. The van der Waals surface area contributed by atoms with Crippen LogP contribution in [0.2, 0.25) is 5.02 Å². The van der Waals surface area contributed by atoms with Crippen LogP contribution in [0.3, 0.4) is 0 Å². The molecule has 0 unspecified atom stereocenters. The van der Waals surface area contributed by atoms with Crippen molar-refractivity contribution in [1.29, 1.82) is 0 Å². The molecule has 0 heterocycles. The molecule has 0 radical (unpaired) electrons. The largest absolute Gasteiger partial charge is 0.380 e. The van der Waals surface area contributed by atoms with Gasteiger partial charge in [-0.1, -0.05) is 23.7 Å². The Balaban J connectivity index is 2.19. The molecule has 0 bridgehead atoms.